The van der Waals surface area contributed by atoms with Crippen LogP contribution in [0.25, 0.3) is 0 Å². The monoisotopic (exact) mass is 383 g/mol. The van der Waals surface area contributed by atoms with Crippen LogP contribution in [0.15, 0.2) is 16.7 Å². The molecule has 0 saturated carbocycles. The van der Waals surface area contributed by atoms with E-state index < -0.39 is 0 Å². The van der Waals surface area contributed by atoms with Gasteiger partial charge in [-0.2, -0.15) is 4.98 Å². The van der Waals surface area contributed by atoms with Crippen LogP contribution in [0.3, 0.4) is 0 Å². The van der Waals surface area contributed by atoms with Crippen molar-refractivity contribution in [3.05, 3.63) is 27.2 Å². The van der Waals surface area contributed by atoms with Crippen LogP contribution < -0.4 is 4.90 Å². The maximum Gasteiger partial charge on any atom is 0.265 e. The number of likely N-dealkylation sites (N-methyl/N-ethyl adjacent to an activating group) is 1. The zero-order chi connectivity index (χ0) is 18.0. The molecule has 0 bridgehead atoms. The van der Waals surface area contributed by atoms with Crippen molar-refractivity contribution in [3.8, 4) is 0 Å². The van der Waals surface area contributed by atoms with Gasteiger partial charge in [0.15, 0.2) is 0 Å². The van der Waals surface area contributed by atoms with Crippen LogP contribution in [-0.2, 0) is 11.3 Å². The molecular formula is C16H22ClN5O2S. The van der Waals surface area contributed by atoms with E-state index in [-0.39, 0.29) is 11.9 Å². The Bertz CT molecular complexity index is 732. The van der Waals surface area contributed by atoms with Gasteiger partial charge in [-0.15, -0.1) is 11.3 Å². The highest BCUT2D eigenvalue weighted by atomic mass is 35.5. The lowest BCUT2D eigenvalue weighted by Crippen LogP contribution is -2.37. The van der Waals surface area contributed by atoms with Crippen LogP contribution in [0, 0.1) is 0 Å². The van der Waals surface area contributed by atoms with Gasteiger partial charge < -0.3 is 14.3 Å². The smallest absolute Gasteiger partial charge is 0.265 e. The molecule has 1 atom stereocenters. The van der Waals surface area contributed by atoms with E-state index in [0.29, 0.717) is 24.9 Å². The van der Waals surface area contributed by atoms with Crippen LogP contribution >= 0.6 is 22.9 Å². The van der Waals surface area contributed by atoms with Crippen molar-refractivity contribution in [2.45, 2.75) is 25.4 Å². The van der Waals surface area contributed by atoms with Crippen molar-refractivity contribution < 1.29 is 9.32 Å². The molecule has 1 aliphatic heterocycles. The van der Waals surface area contributed by atoms with Gasteiger partial charge in [-0.1, -0.05) is 11.6 Å². The third-order valence-electron chi connectivity index (χ3n) is 4.27. The van der Waals surface area contributed by atoms with Crippen molar-refractivity contribution in [1.82, 2.24) is 19.9 Å². The maximum absolute atomic E-state index is 12.6. The lowest BCUT2D eigenvalue weighted by molar-refractivity contribution is -0.131. The van der Waals surface area contributed by atoms with Gasteiger partial charge in [-0.3, -0.25) is 9.69 Å². The van der Waals surface area contributed by atoms with Crippen molar-refractivity contribution >= 4 is 34.8 Å². The predicted molar refractivity (Wildman–Crippen MR) is 98.0 cm³/mol. The molecule has 9 heteroatoms. The van der Waals surface area contributed by atoms with E-state index in [1.165, 1.54) is 11.3 Å². The Morgan fingerprint density at radius 1 is 1.44 bits per heavy atom. The van der Waals surface area contributed by atoms with E-state index in [9.17, 15) is 4.79 Å². The minimum absolute atomic E-state index is 0.00901. The van der Waals surface area contributed by atoms with Crippen LogP contribution in [-0.4, -0.2) is 60.1 Å². The fourth-order valence-corrected chi connectivity index (χ4v) is 4.03. The van der Waals surface area contributed by atoms with Gasteiger partial charge in [0.05, 0.1) is 23.5 Å². The number of carbonyl (C=O) groups excluding carboxylic acids is 1. The van der Waals surface area contributed by atoms with E-state index in [4.69, 9.17) is 16.1 Å². The van der Waals surface area contributed by atoms with Crippen molar-refractivity contribution in [1.29, 1.82) is 0 Å². The summed E-state index contributed by atoms with van der Waals surface area (Å²) >= 11 is 7.45. The van der Waals surface area contributed by atoms with Gasteiger partial charge in [0.25, 0.3) is 5.95 Å². The molecule has 2 aromatic heterocycles. The first kappa shape index (κ1) is 18.2. The molecule has 0 spiro atoms. The largest absolute Gasteiger partial charge is 0.344 e. The first-order chi connectivity index (χ1) is 11.9. The topological polar surface area (TPSA) is 65.7 Å². The summed E-state index contributed by atoms with van der Waals surface area (Å²) in [7, 11) is 5.56. The first-order valence-corrected chi connectivity index (χ1v) is 9.36. The summed E-state index contributed by atoms with van der Waals surface area (Å²) in [5.74, 6) is 1.21. The second kappa shape index (κ2) is 7.72. The van der Waals surface area contributed by atoms with Gasteiger partial charge in [0, 0.05) is 26.0 Å². The molecule has 1 fully saturated rings. The number of carbonyl (C=O) groups is 1. The van der Waals surface area contributed by atoms with E-state index in [0.717, 1.165) is 28.6 Å². The fourth-order valence-electron chi connectivity index (χ4n) is 2.89. The fraction of sp³-hybridized carbons (Fsp3) is 0.562. The zero-order valence-electron chi connectivity index (χ0n) is 14.6. The summed E-state index contributed by atoms with van der Waals surface area (Å²) in [6.45, 7) is 1.77. The highest BCUT2D eigenvalue weighted by Crippen LogP contribution is 2.31. The minimum Gasteiger partial charge on any atom is -0.344 e. The molecular weight excluding hydrogens is 362 g/mol. The molecule has 1 aliphatic rings. The van der Waals surface area contributed by atoms with E-state index in [1.54, 1.807) is 9.80 Å². The summed E-state index contributed by atoms with van der Waals surface area (Å²) < 4.78 is 6.14. The first-order valence-electron chi connectivity index (χ1n) is 8.17. The molecule has 25 heavy (non-hydrogen) atoms. The average Bonchev–Trinajstić information content (AvgIpc) is 3.27. The van der Waals surface area contributed by atoms with Crippen LogP contribution in [0.4, 0.5) is 5.95 Å². The van der Waals surface area contributed by atoms with Crippen LogP contribution in [0.1, 0.15) is 29.7 Å². The van der Waals surface area contributed by atoms with Crippen LogP contribution in [0.5, 0.6) is 0 Å². The highest BCUT2D eigenvalue weighted by Gasteiger charge is 2.32. The van der Waals surface area contributed by atoms with Gasteiger partial charge in [0.2, 0.25) is 11.8 Å². The number of hydrogen-bond donors (Lipinski definition) is 0. The van der Waals surface area contributed by atoms with E-state index >= 15 is 0 Å². The second-order valence-corrected chi connectivity index (χ2v) is 8.21. The lowest BCUT2D eigenvalue weighted by Gasteiger charge is -2.24. The van der Waals surface area contributed by atoms with Crippen molar-refractivity contribution in [2.24, 2.45) is 0 Å². The standard InChI is InChI=1S/C16H22ClN5O2S/c1-20(2)16-18-15(24-19-16)12-5-4-8-22(12)10-14(23)21(3)9-11-6-7-13(17)25-11/h6-7,12H,4-5,8-10H2,1-3H3. The summed E-state index contributed by atoms with van der Waals surface area (Å²) in [5.41, 5.74) is 0. The molecule has 0 aliphatic carbocycles. The SMILES string of the molecule is CN(Cc1ccc(Cl)s1)C(=O)CN1CCCC1c1nc(N(C)C)no1. The Morgan fingerprint density at radius 3 is 2.88 bits per heavy atom. The zero-order valence-corrected chi connectivity index (χ0v) is 16.2. The molecule has 0 N–H and O–H groups in total. The Kier molecular flexibility index (Phi) is 5.61. The van der Waals surface area contributed by atoms with Crippen LogP contribution in [0.2, 0.25) is 4.34 Å². The third-order valence-corrected chi connectivity index (χ3v) is 5.48. The van der Waals surface area contributed by atoms with E-state index in [2.05, 4.69) is 15.0 Å². The number of amides is 1. The van der Waals surface area contributed by atoms with Gasteiger partial charge in [-0.05, 0) is 36.7 Å². The molecule has 1 amide bonds. The van der Waals surface area contributed by atoms with E-state index in [1.807, 2.05) is 33.3 Å². The number of rotatable bonds is 6. The molecule has 7 nitrogen and oxygen atoms in total. The molecule has 136 valence electrons. The number of aromatic nitrogens is 2. The number of thiophene rings is 1. The minimum atomic E-state index is 0.00901. The number of hydrogen-bond acceptors (Lipinski definition) is 7. The van der Waals surface area contributed by atoms with Gasteiger partial charge >= 0.3 is 0 Å². The molecule has 1 saturated heterocycles. The predicted octanol–water partition coefficient (Wildman–Crippen LogP) is 2.65. The van der Waals surface area contributed by atoms with Gasteiger partial charge in [0.1, 0.15) is 0 Å². The van der Waals surface area contributed by atoms with Crippen molar-refractivity contribution in [3.63, 3.8) is 0 Å². The molecule has 3 rings (SSSR count). The molecule has 1 unspecified atom stereocenters. The number of likely N-dealkylation sites (tertiary alicyclic amines) is 1. The molecule has 2 aromatic rings. The summed E-state index contributed by atoms with van der Waals surface area (Å²) in [6, 6.07) is 3.82. The average molecular weight is 384 g/mol. The number of nitrogens with zero attached hydrogens (tertiary/aromatic N) is 5. The Morgan fingerprint density at radius 2 is 2.24 bits per heavy atom. The normalized spacial score (nSPS) is 17.8. The summed E-state index contributed by atoms with van der Waals surface area (Å²) in [5, 5.41) is 3.97. The Balaban J connectivity index is 1.61. The number of anilines is 1. The summed E-state index contributed by atoms with van der Waals surface area (Å²) in [6.07, 6.45) is 1.94. The second-order valence-electron chi connectivity index (χ2n) is 6.41. The number of halogens is 1. The summed E-state index contributed by atoms with van der Waals surface area (Å²) in [4.78, 5) is 23.7. The molecule has 0 radical (unpaired) electrons. The Labute approximate surface area is 156 Å². The van der Waals surface area contributed by atoms with Gasteiger partial charge in [-0.25, -0.2) is 0 Å². The van der Waals surface area contributed by atoms with Crippen molar-refractivity contribution in [2.75, 3.05) is 39.1 Å². The molecule has 0 aromatic carbocycles. The Hall–Kier alpha value is -1.64. The lowest BCUT2D eigenvalue weighted by atomic mass is 10.2. The molecule has 3 heterocycles. The highest BCUT2D eigenvalue weighted by molar-refractivity contribution is 7.16. The maximum atomic E-state index is 12.6. The quantitative estimate of drug-likeness (QED) is 0.764. The third kappa shape index (κ3) is 4.31.